The molecule has 326 valence electrons. The Hall–Kier alpha value is -8.55. The van der Waals surface area contributed by atoms with Crippen molar-refractivity contribution < 1.29 is 0 Å². The number of pyridine rings is 2. The molecule has 0 unspecified atom stereocenters. The third-order valence-corrected chi connectivity index (χ3v) is 25.0. The van der Waals surface area contributed by atoms with Crippen molar-refractivity contribution in [1.29, 1.82) is 0 Å². The van der Waals surface area contributed by atoms with Gasteiger partial charge in [0.1, 0.15) is 0 Å². The number of aromatic nitrogens is 2. The van der Waals surface area contributed by atoms with E-state index in [4.69, 9.17) is 9.97 Å². The van der Waals surface area contributed by atoms with Crippen LogP contribution in [0.2, 0.25) is 0 Å². The van der Waals surface area contributed by atoms with E-state index in [9.17, 15) is 0 Å². The van der Waals surface area contributed by atoms with Gasteiger partial charge in [-0.1, -0.05) is 243 Å². The number of hydrogen-bond donors (Lipinski definition) is 0. The van der Waals surface area contributed by atoms with E-state index in [1.54, 1.807) is 0 Å². The Morgan fingerprint density at radius 3 is 1.01 bits per heavy atom. The first kappa shape index (κ1) is 40.5. The van der Waals surface area contributed by atoms with Crippen LogP contribution in [-0.2, 0) is 0 Å². The molecule has 10 aromatic carbocycles. The van der Waals surface area contributed by atoms with Crippen molar-refractivity contribution in [3.63, 3.8) is 0 Å². The zero-order valence-corrected chi connectivity index (χ0v) is 40.3. The predicted molar refractivity (Wildman–Crippen MR) is 299 cm³/mol. The highest BCUT2D eigenvalue weighted by Gasteiger charge is 2.50. The van der Waals surface area contributed by atoms with Gasteiger partial charge in [-0.15, -0.1) is 0 Å². The molecule has 0 N–H and O–H groups in total. The molecule has 0 spiro atoms. The Bertz CT molecular complexity index is 3910. The summed E-state index contributed by atoms with van der Waals surface area (Å²) in [6.07, 6.45) is 0. The summed E-state index contributed by atoms with van der Waals surface area (Å²) in [7, 11) is -5.09. The van der Waals surface area contributed by atoms with Crippen LogP contribution in [0.4, 0.5) is 0 Å². The highest BCUT2D eigenvalue weighted by Crippen LogP contribution is 2.36. The Balaban J connectivity index is 0.834. The molecule has 4 heterocycles. The van der Waals surface area contributed by atoms with Gasteiger partial charge in [-0.25, -0.2) is 9.97 Å². The lowest BCUT2D eigenvalue weighted by Crippen LogP contribution is -2.72. The van der Waals surface area contributed by atoms with Crippen molar-refractivity contribution >= 4 is 79.4 Å². The highest BCUT2D eigenvalue weighted by atomic mass is 28.3. The average Bonchev–Trinajstić information content (AvgIpc) is 3.92. The van der Waals surface area contributed by atoms with Crippen molar-refractivity contribution in [2.24, 2.45) is 0 Å². The molecule has 0 radical (unpaired) electrons. The zero-order chi connectivity index (χ0) is 46.2. The summed E-state index contributed by atoms with van der Waals surface area (Å²) in [5, 5.41) is 13.6. The Labute approximate surface area is 409 Å². The van der Waals surface area contributed by atoms with Gasteiger partial charge in [0.05, 0.1) is 22.4 Å². The molecule has 0 atom stereocenters. The van der Waals surface area contributed by atoms with Crippen LogP contribution in [0.1, 0.15) is 0 Å². The van der Waals surface area contributed by atoms with E-state index in [2.05, 4.69) is 267 Å². The maximum Gasteiger partial charge on any atom is 0.180 e. The number of rotatable bonds is 7. The fourth-order valence-electron chi connectivity index (χ4n) is 12.2. The van der Waals surface area contributed by atoms with Crippen molar-refractivity contribution in [3.8, 4) is 55.9 Å². The molecular formula is C66H44N2Si2. The van der Waals surface area contributed by atoms with Crippen LogP contribution in [0.5, 0.6) is 0 Å². The largest absolute Gasteiger partial charge is 0.245 e. The monoisotopic (exact) mass is 920 g/mol. The molecule has 0 saturated carbocycles. The SMILES string of the molecule is c1ccc([Si]2(c3ccccc3)c3ccccc3-c3cc(-c4ccc(-c5ccc6ccc7ccc(-c8ccc9c(c8)-c8ccccc8[Si]9(c8ccccc8)c8ccccc8)nc7c6n5)cc4)ccc32)cc1. The molecule has 0 aliphatic carbocycles. The summed E-state index contributed by atoms with van der Waals surface area (Å²) in [5.41, 5.74) is 13.6. The standard InChI is InChI=1S/C66H44N2Si2/c1-5-17-51(18-6-1)69(52-19-7-2-8-20-52)61-27-15-13-25-55(61)57-43-49(37-41-63(57)69)45-29-31-46(32-30-45)59-39-35-47-33-34-48-36-40-60(68-66(48)65(47)67-59)50-38-42-64-58(44-50)56-26-14-16-28-62(56)70(64,53-21-9-3-10-22-53)54-23-11-4-12-24-54/h1-44H. The summed E-state index contributed by atoms with van der Waals surface area (Å²) in [4.78, 5) is 10.8. The first-order chi connectivity index (χ1) is 34.7. The third-order valence-electron chi connectivity index (χ3n) is 15.2. The normalized spacial score (nSPS) is 13.7. The van der Waals surface area contributed by atoms with Crippen molar-refractivity contribution in [2.45, 2.75) is 0 Å². The lowest BCUT2D eigenvalue weighted by Gasteiger charge is -2.31. The Kier molecular flexibility index (Phi) is 9.28. The minimum atomic E-state index is -2.57. The summed E-state index contributed by atoms with van der Waals surface area (Å²) >= 11 is 0. The van der Waals surface area contributed by atoms with Crippen molar-refractivity contribution in [2.75, 3.05) is 0 Å². The van der Waals surface area contributed by atoms with E-state index in [0.717, 1.165) is 44.3 Å². The quantitative estimate of drug-likeness (QED) is 0.118. The Morgan fingerprint density at radius 2 is 0.557 bits per heavy atom. The first-order valence-corrected chi connectivity index (χ1v) is 28.2. The van der Waals surface area contributed by atoms with E-state index in [0.29, 0.717) is 0 Å². The lowest BCUT2D eigenvalue weighted by atomic mass is 9.98. The van der Waals surface area contributed by atoms with Gasteiger partial charge in [-0.3, -0.25) is 0 Å². The second-order valence-corrected chi connectivity index (χ2v) is 26.2. The number of benzene rings is 10. The smallest absolute Gasteiger partial charge is 0.180 e. The number of nitrogens with zero attached hydrogens (tertiary/aromatic N) is 2. The topological polar surface area (TPSA) is 25.8 Å². The molecular weight excluding hydrogens is 877 g/mol. The minimum Gasteiger partial charge on any atom is -0.245 e. The van der Waals surface area contributed by atoms with E-state index in [1.807, 2.05) is 0 Å². The van der Waals surface area contributed by atoms with Crippen molar-refractivity contribution in [3.05, 3.63) is 267 Å². The second kappa shape index (κ2) is 16.0. The van der Waals surface area contributed by atoms with Crippen molar-refractivity contribution in [1.82, 2.24) is 9.97 Å². The summed E-state index contributed by atoms with van der Waals surface area (Å²) in [6.45, 7) is 0. The summed E-state index contributed by atoms with van der Waals surface area (Å²) in [5.74, 6) is 0. The van der Waals surface area contributed by atoms with Crippen LogP contribution in [0.25, 0.3) is 77.7 Å². The number of hydrogen-bond acceptors (Lipinski definition) is 2. The molecule has 14 rings (SSSR count). The summed E-state index contributed by atoms with van der Waals surface area (Å²) in [6, 6.07) is 99.2. The highest BCUT2D eigenvalue weighted by molar-refractivity contribution is 7.23. The molecule has 2 aliphatic rings. The van der Waals surface area contributed by atoms with Crippen LogP contribution in [0.15, 0.2) is 267 Å². The molecule has 0 amide bonds. The molecule has 2 aliphatic heterocycles. The maximum atomic E-state index is 5.44. The van der Waals surface area contributed by atoms with Gasteiger partial charge in [0.2, 0.25) is 0 Å². The zero-order valence-electron chi connectivity index (χ0n) is 38.3. The van der Waals surface area contributed by atoms with Gasteiger partial charge in [-0.2, -0.15) is 0 Å². The fourth-order valence-corrected chi connectivity index (χ4v) is 22.5. The van der Waals surface area contributed by atoms with Crippen LogP contribution in [0, 0.1) is 0 Å². The lowest BCUT2D eigenvalue weighted by molar-refractivity contribution is 1.37. The molecule has 0 saturated heterocycles. The van der Waals surface area contributed by atoms with E-state index in [-0.39, 0.29) is 0 Å². The van der Waals surface area contributed by atoms with Gasteiger partial charge in [0.15, 0.2) is 16.1 Å². The van der Waals surface area contributed by atoms with Gasteiger partial charge in [-0.05, 0) is 99.1 Å². The van der Waals surface area contributed by atoms with Gasteiger partial charge in [0, 0.05) is 21.9 Å². The average molecular weight is 921 g/mol. The van der Waals surface area contributed by atoms with Crippen LogP contribution >= 0.6 is 0 Å². The van der Waals surface area contributed by atoms with E-state index in [1.165, 1.54) is 74.9 Å². The minimum absolute atomic E-state index is 0.911. The molecule has 4 heteroatoms. The van der Waals surface area contributed by atoms with Crippen LogP contribution in [-0.4, -0.2) is 26.1 Å². The van der Waals surface area contributed by atoms with Gasteiger partial charge >= 0.3 is 0 Å². The van der Waals surface area contributed by atoms with Crippen LogP contribution < -0.4 is 41.5 Å². The van der Waals surface area contributed by atoms with Crippen LogP contribution in [0.3, 0.4) is 0 Å². The predicted octanol–water partition coefficient (Wildman–Crippen LogP) is 10.5. The maximum absolute atomic E-state index is 5.44. The fraction of sp³-hybridized carbons (Fsp3) is 0. The molecule has 0 bridgehead atoms. The first-order valence-electron chi connectivity index (χ1n) is 24.2. The molecule has 70 heavy (non-hydrogen) atoms. The van der Waals surface area contributed by atoms with Gasteiger partial charge in [0.25, 0.3) is 0 Å². The van der Waals surface area contributed by atoms with E-state index < -0.39 is 16.1 Å². The third kappa shape index (κ3) is 5.97. The molecule has 12 aromatic rings. The van der Waals surface area contributed by atoms with Gasteiger partial charge < -0.3 is 0 Å². The van der Waals surface area contributed by atoms with E-state index >= 15 is 0 Å². The second-order valence-electron chi connectivity index (χ2n) is 18.8. The molecule has 2 nitrogen and oxygen atoms in total. The summed E-state index contributed by atoms with van der Waals surface area (Å²) < 4.78 is 0. The molecule has 0 fully saturated rings. The number of fused-ring (bicyclic) bond motifs is 9. The Morgan fingerprint density at radius 1 is 0.229 bits per heavy atom. The molecule has 2 aromatic heterocycles.